The lowest BCUT2D eigenvalue weighted by atomic mass is 9.84. The largest absolute Gasteiger partial charge is 0.491 e. The molecular formula is C19H27NO2. The predicted octanol–water partition coefficient (Wildman–Crippen LogP) is 4.03. The van der Waals surface area contributed by atoms with Crippen LogP contribution < -0.4 is 10.1 Å². The molecule has 1 amide bonds. The third-order valence-corrected chi connectivity index (χ3v) is 5.28. The molecule has 22 heavy (non-hydrogen) atoms. The minimum absolute atomic E-state index is 0.0337. The topological polar surface area (TPSA) is 38.3 Å². The number of ether oxygens (including phenoxy) is 1. The second kappa shape index (κ2) is 6.31. The van der Waals surface area contributed by atoms with Gasteiger partial charge < -0.3 is 10.1 Å². The number of nitrogens with one attached hydrogen (secondary N) is 1. The molecule has 0 saturated heterocycles. The summed E-state index contributed by atoms with van der Waals surface area (Å²) >= 11 is 0. The van der Waals surface area contributed by atoms with Crippen molar-refractivity contribution in [3.63, 3.8) is 0 Å². The molecule has 0 heterocycles. The lowest BCUT2D eigenvalue weighted by Gasteiger charge is -2.28. The molecule has 0 spiro atoms. The molecule has 1 aromatic rings. The Hall–Kier alpha value is -1.51. The van der Waals surface area contributed by atoms with Crippen LogP contribution in [0.25, 0.3) is 0 Å². The first-order chi connectivity index (χ1) is 10.5. The van der Waals surface area contributed by atoms with Crippen molar-refractivity contribution in [2.75, 3.05) is 0 Å². The van der Waals surface area contributed by atoms with Gasteiger partial charge in [0.05, 0.1) is 6.10 Å². The number of hydrogen-bond donors (Lipinski definition) is 1. The van der Waals surface area contributed by atoms with Crippen molar-refractivity contribution >= 4 is 5.91 Å². The summed E-state index contributed by atoms with van der Waals surface area (Å²) < 4.78 is 5.61. The highest BCUT2D eigenvalue weighted by Crippen LogP contribution is 2.49. The number of benzene rings is 1. The monoisotopic (exact) mass is 301 g/mol. The fourth-order valence-corrected chi connectivity index (χ4v) is 4.26. The van der Waals surface area contributed by atoms with Crippen molar-refractivity contribution in [2.45, 2.75) is 58.6 Å². The number of fused-ring (bicyclic) bond motifs is 2. The molecule has 2 saturated carbocycles. The average Bonchev–Trinajstić information content (AvgIpc) is 3.10. The van der Waals surface area contributed by atoms with Crippen LogP contribution in [0.4, 0.5) is 0 Å². The number of rotatable bonds is 5. The van der Waals surface area contributed by atoms with Crippen LogP contribution in [0.3, 0.4) is 0 Å². The van der Waals surface area contributed by atoms with Crippen LogP contribution in [0.2, 0.25) is 0 Å². The highest BCUT2D eigenvalue weighted by Gasteiger charge is 2.42. The molecule has 3 nitrogen and oxygen atoms in total. The third kappa shape index (κ3) is 3.29. The SMILES string of the molecule is CC(C)Oc1ccc(C(=O)NC(C)C2CC3CCC2C3)cc1. The Morgan fingerprint density at radius 1 is 1.14 bits per heavy atom. The zero-order chi connectivity index (χ0) is 15.7. The van der Waals surface area contributed by atoms with Gasteiger partial charge in [-0.1, -0.05) is 6.42 Å². The summed E-state index contributed by atoms with van der Waals surface area (Å²) in [5, 5.41) is 3.20. The number of amides is 1. The third-order valence-electron chi connectivity index (χ3n) is 5.28. The normalized spacial score (nSPS) is 27.9. The average molecular weight is 301 g/mol. The van der Waals surface area contributed by atoms with E-state index in [4.69, 9.17) is 4.74 Å². The van der Waals surface area contributed by atoms with Crippen molar-refractivity contribution in [1.29, 1.82) is 0 Å². The van der Waals surface area contributed by atoms with Crippen LogP contribution in [0.5, 0.6) is 5.75 Å². The van der Waals surface area contributed by atoms with Gasteiger partial charge in [-0.3, -0.25) is 4.79 Å². The number of hydrogen-bond acceptors (Lipinski definition) is 2. The van der Waals surface area contributed by atoms with E-state index in [-0.39, 0.29) is 18.1 Å². The van der Waals surface area contributed by atoms with E-state index in [0.717, 1.165) is 17.6 Å². The molecule has 2 aliphatic carbocycles. The quantitative estimate of drug-likeness (QED) is 0.891. The lowest BCUT2D eigenvalue weighted by molar-refractivity contribution is 0.0915. The number of carbonyl (C=O) groups excluding carboxylic acids is 1. The highest BCUT2D eigenvalue weighted by atomic mass is 16.5. The van der Waals surface area contributed by atoms with Gasteiger partial charge in [0.1, 0.15) is 5.75 Å². The van der Waals surface area contributed by atoms with Gasteiger partial charge in [-0.2, -0.15) is 0 Å². The minimum Gasteiger partial charge on any atom is -0.491 e. The van der Waals surface area contributed by atoms with Gasteiger partial charge in [-0.05, 0) is 82.1 Å². The van der Waals surface area contributed by atoms with Crippen molar-refractivity contribution in [3.8, 4) is 5.75 Å². The summed E-state index contributed by atoms with van der Waals surface area (Å²) in [6.07, 6.45) is 5.59. The van der Waals surface area contributed by atoms with E-state index < -0.39 is 0 Å². The molecule has 4 atom stereocenters. The van der Waals surface area contributed by atoms with Gasteiger partial charge in [0.25, 0.3) is 5.91 Å². The maximum atomic E-state index is 12.4. The first-order valence-electron chi connectivity index (χ1n) is 8.60. The van der Waals surface area contributed by atoms with Gasteiger partial charge in [0.2, 0.25) is 0 Å². The van der Waals surface area contributed by atoms with Crippen molar-refractivity contribution in [3.05, 3.63) is 29.8 Å². The molecule has 2 fully saturated rings. The fraction of sp³-hybridized carbons (Fsp3) is 0.632. The summed E-state index contributed by atoms with van der Waals surface area (Å²) in [6, 6.07) is 7.71. The Morgan fingerprint density at radius 3 is 2.41 bits per heavy atom. The molecule has 3 heteroatoms. The standard InChI is InChI=1S/C19H27NO2/c1-12(2)22-17-8-6-15(7-9-17)19(21)20-13(3)18-11-14-4-5-16(18)10-14/h6-9,12-14,16,18H,4-5,10-11H2,1-3H3,(H,20,21). The molecule has 2 bridgehead atoms. The second-order valence-corrected chi connectivity index (χ2v) is 7.29. The van der Waals surface area contributed by atoms with E-state index in [2.05, 4.69) is 12.2 Å². The first kappa shape index (κ1) is 15.4. The number of carbonyl (C=O) groups is 1. The van der Waals surface area contributed by atoms with Crippen molar-refractivity contribution < 1.29 is 9.53 Å². The maximum Gasteiger partial charge on any atom is 0.251 e. The van der Waals surface area contributed by atoms with E-state index in [1.54, 1.807) is 0 Å². The predicted molar refractivity (Wildman–Crippen MR) is 88.1 cm³/mol. The van der Waals surface area contributed by atoms with Gasteiger partial charge in [0.15, 0.2) is 0 Å². The van der Waals surface area contributed by atoms with E-state index in [9.17, 15) is 4.79 Å². The molecule has 0 aliphatic heterocycles. The Morgan fingerprint density at radius 2 is 1.86 bits per heavy atom. The summed E-state index contributed by atoms with van der Waals surface area (Å²) in [5.41, 5.74) is 0.714. The van der Waals surface area contributed by atoms with E-state index in [0.29, 0.717) is 11.5 Å². The Bertz CT molecular complexity index is 523. The van der Waals surface area contributed by atoms with E-state index >= 15 is 0 Å². The van der Waals surface area contributed by atoms with Gasteiger partial charge in [-0.15, -0.1) is 0 Å². The maximum absolute atomic E-state index is 12.4. The smallest absolute Gasteiger partial charge is 0.251 e. The van der Waals surface area contributed by atoms with Gasteiger partial charge >= 0.3 is 0 Å². The summed E-state index contributed by atoms with van der Waals surface area (Å²) in [4.78, 5) is 12.4. The van der Waals surface area contributed by atoms with Crippen molar-refractivity contribution in [2.24, 2.45) is 17.8 Å². The minimum atomic E-state index is 0.0337. The van der Waals surface area contributed by atoms with Gasteiger partial charge in [0, 0.05) is 11.6 Å². The molecule has 1 N–H and O–H groups in total. The van der Waals surface area contributed by atoms with E-state index in [1.165, 1.54) is 25.7 Å². The molecular weight excluding hydrogens is 274 g/mol. The van der Waals surface area contributed by atoms with Crippen LogP contribution in [0.1, 0.15) is 56.8 Å². The molecule has 120 valence electrons. The molecule has 3 rings (SSSR count). The zero-order valence-corrected chi connectivity index (χ0v) is 13.8. The Balaban J connectivity index is 1.57. The van der Waals surface area contributed by atoms with Gasteiger partial charge in [-0.25, -0.2) is 0 Å². The van der Waals surface area contributed by atoms with Crippen LogP contribution in [0, 0.1) is 17.8 Å². The lowest BCUT2D eigenvalue weighted by Crippen LogP contribution is -2.40. The van der Waals surface area contributed by atoms with Crippen LogP contribution in [0.15, 0.2) is 24.3 Å². The molecule has 0 radical (unpaired) electrons. The second-order valence-electron chi connectivity index (χ2n) is 7.29. The zero-order valence-electron chi connectivity index (χ0n) is 13.8. The molecule has 2 aliphatic rings. The van der Waals surface area contributed by atoms with Crippen molar-refractivity contribution in [1.82, 2.24) is 5.32 Å². The van der Waals surface area contributed by atoms with E-state index in [1.807, 2.05) is 38.1 Å². The highest BCUT2D eigenvalue weighted by molar-refractivity contribution is 5.94. The Labute approximate surface area is 133 Å². The summed E-state index contributed by atoms with van der Waals surface area (Å²) in [7, 11) is 0. The van der Waals surface area contributed by atoms with Crippen LogP contribution in [-0.2, 0) is 0 Å². The molecule has 1 aromatic carbocycles. The fourth-order valence-electron chi connectivity index (χ4n) is 4.26. The summed E-state index contributed by atoms with van der Waals surface area (Å²) in [5.74, 6) is 3.27. The van der Waals surface area contributed by atoms with Crippen LogP contribution >= 0.6 is 0 Å². The van der Waals surface area contributed by atoms with Crippen LogP contribution in [-0.4, -0.2) is 18.1 Å². The molecule has 4 unspecified atom stereocenters. The molecule has 0 aromatic heterocycles. The Kier molecular flexibility index (Phi) is 4.42. The first-order valence-corrected chi connectivity index (χ1v) is 8.60. The summed E-state index contributed by atoms with van der Waals surface area (Å²) in [6.45, 7) is 6.16.